The highest BCUT2D eigenvalue weighted by Crippen LogP contribution is 2.25. The summed E-state index contributed by atoms with van der Waals surface area (Å²) < 4.78 is 5.77. The molecule has 0 saturated heterocycles. The summed E-state index contributed by atoms with van der Waals surface area (Å²) >= 11 is 6.09. The second-order valence-electron chi connectivity index (χ2n) is 8.41. The van der Waals surface area contributed by atoms with Gasteiger partial charge in [0.15, 0.2) is 5.60 Å². The molecule has 0 amide bonds. The van der Waals surface area contributed by atoms with Gasteiger partial charge < -0.3 is 15.2 Å². The highest BCUT2D eigenvalue weighted by Gasteiger charge is 2.30. The molecule has 0 radical (unpaired) electrons. The molecule has 0 fully saturated rings. The molecule has 172 valence electrons. The van der Waals surface area contributed by atoms with E-state index >= 15 is 0 Å². The molecule has 1 aromatic heterocycles. The maximum atomic E-state index is 11.4. The van der Waals surface area contributed by atoms with Crippen molar-refractivity contribution in [1.29, 1.82) is 0 Å². The van der Waals surface area contributed by atoms with Gasteiger partial charge in [-0.05, 0) is 61.9 Å². The van der Waals surface area contributed by atoms with Crippen molar-refractivity contribution in [2.24, 2.45) is 0 Å². The zero-order valence-electron chi connectivity index (χ0n) is 19.0. The van der Waals surface area contributed by atoms with Gasteiger partial charge in [0.2, 0.25) is 0 Å². The van der Waals surface area contributed by atoms with Crippen molar-refractivity contribution in [1.82, 2.24) is 4.98 Å². The van der Waals surface area contributed by atoms with Crippen LogP contribution in [0.25, 0.3) is 23.1 Å². The molecule has 5 nitrogen and oxygen atoms in total. The van der Waals surface area contributed by atoms with E-state index in [1.165, 1.54) is 13.8 Å². The summed E-state index contributed by atoms with van der Waals surface area (Å²) in [7, 11) is 0. The van der Waals surface area contributed by atoms with E-state index < -0.39 is 11.6 Å². The Balaban J connectivity index is 1.46. The molecule has 3 aromatic carbocycles. The number of nitrogens with one attached hydrogen (secondary N) is 1. The van der Waals surface area contributed by atoms with Gasteiger partial charge in [-0.1, -0.05) is 60.1 Å². The molecule has 0 aliphatic carbocycles. The Kier molecular flexibility index (Phi) is 6.85. The number of ether oxygens (including phenoxy) is 1. The van der Waals surface area contributed by atoms with E-state index in [0.717, 1.165) is 33.4 Å². The lowest BCUT2D eigenvalue weighted by Crippen LogP contribution is -2.38. The Morgan fingerprint density at radius 2 is 1.82 bits per heavy atom. The van der Waals surface area contributed by atoms with Crippen LogP contribution in [0.1, 0.15) is 30.7 Å². The van der Waals surface area contributed by atoms with Crippen LogP contribution in [0.3, 0.4) is 0 Å². The molecule has 0 atom stereocenters. The molecular formula is C28H25ClN2O3. The summed E-state index contributed by atoms with van der Waals surface area (Å²) in [5, 5.41) is 14.5. The van der Waals surface area contributed by atoms with Crippen molar-refractivity contribution in [3.63, 3.8) is 0 Å². The number of hydrogen-bond acceptors (Lipinski definition) is 4. The number of aliphatic carboxylic acids is 1. The third-order valence-corrected chi connectivity index (χ3v) is 5.58. The van der Waals surface area contributed by atoms with Crippen molar-refractivity contribution in [2.45, 2.75) is 26.0 Å². The van der Waals surface area contributed by atoms with Crippen molar-refractivity contribution < 1.29 is 14.6 Å². The normalized spacial score (nSPS) is 11.6. The molecule has 0 saturated carbocycles. The zero-order chi connectivity index (χ0) is 24.1. The Bertz CT molecular complexity index is 1360. The molecule has 1 heterocycles. The summed E-state index contributed by atoms with van der Waals surface area (Å²) in [6.07, 6.45) is 3.98. The fraction of sp³-hybridized carbons (Fsp3) is 0.143. The van der Waals surface area contributed by atoms with Gasteiger partial charge in [0.1, 0.15) is 5.75 Å². The summed E-state index contributed by atoms with van der Waals surface area (Å²) in [4.78, 5) is 16.1. The monoisotopic (exact) mass is 472 g/mol. The molecule has 4 rings (SSSR count). The Labute approximate surface area is 203 Å². The molecule has 2 N–H and O–H groups in total. The van der Waals surface area contributed by atoms with E-state index in [-0.39, 0.29) is 0 Å². The maximum absolute atomic E-state index is 11.4. The second-order valence-corrected chi connectivity index (χ2v) is 8.85. The fourth-order valence-electron chi connectivity index (χ4n) is 3.40. The minimum Gasteiger partial charge on any atom is -0.478 e. The molecule has 34 heavy (non-hydrogen) atoms. The van der Waals surface area contributed by atoms with E-state index in [2.05, 4.69) is 10.3 Å². The average molecular weight is 473 g/mol. The minimum atomic E-state index is -1.32. The summed E-state index contributed by atoms with van der Waals surface area (Å²) in [5.41, 5.74) is 3.22. The smallest absolute Gasteiger partial charge is 0.347 e. The maximum Gasteiger partial charge on any atom is 0.347 e. The number of para-hydroxylation sites is 1. The topological polar surface area (TPSA) is 71.5 Å². The van der Waals surface area contributed by atoms with Gasteiger partial charge >= 0.3 is 5.97 Å². The number of halogens is 1. The molecule has 0 aliphatic heterocycles. The summed E-state index contributed by atoms with van der Waals surface area (Å²) in [6, 6.07) is 25.1. The van der Waals surface area contributed by atoms with Crippen molar-refractivity contribution >= 4 is 46.3 Å². The number of carbonyl (C=O) groups is 1. The minimum absolute atomic E-state index is 0.492. The Hall–Kier alpha value is -3.83. The second kappa shape index (κ2) is 9.98. The van der Waals surface area contributed by atoms with Crippen LogP contribution in [-0.2, 0) is 11.3 Å². The van der Waals surface area contributed by atoms with E-state index in [1.807, 2.05) is 84.9 Å². The molecule has 4 aromatic rings. The van der Waals surface area contributed by atoms with Crippen LogP contribution >= 0.6 is 11.6 Å². The van der Waals surface area contributed by atoms with Crippen LogP contribution in [0.15, 0.2) is 78.9 Å². The third-order valence-electron chi connectivity index (χ3n) is 5.34. The van der Waals surface area contributed by atoms with Gasteiger partial charge in [0, 0.05) is 28.2 Å². The lowest BCUT2D eigenvalue weighted by atomic mass is 10.1. The number of nitrogens with zero attached hydrogens (tertiary/aromatic N) is 1. The standard InChI is InChI=1S/C28H25ClN2O3/c1-28(2,27(32)33)34-26-9-4-3-7-21(26)18-30-24-8-5-6-19(16-24)10-14-23-15-12-20-11-13-22(29)17-25(20)31-23/h3-17,30H,18H2,1-2H3,(H,32,33)/b14-10+. The largest absolute Gasteiger partial charge is 0.478 e. The van der Waals surface area contributed by atoms with Crippen LogP contribution < -0.4 is 10.1 Å². The number of benzene rings is 3. The van der Waals surface area contributed by atoms with Gasteiger partial charge in [-0.3, -0.25) is 0 Å². The predicted octanol–water partition coefficient (Wildman–Crippen LogP) is 6.91. The van der Waals surface area contributed by atoms with E-state index in [0.29, 0.717) is 17.3 Å². The quantitative estimate of drug-likeness (QED) is 0.291. The third kappa shape index (κ3) is 5.74. The Morgan fingerprint density at radius 3 is 2.65 bits per heavy atom. The van der Waals surface area contributed by atoms with Crippen LogP contribution in [0.4, 0.5) is 5.69 Å². The van der Waals surface area contributed by atoms with E-state index in [1.54, 1.807) is 6.07 Å². The molecule has 0 aliphatic rings. The number of pyridine rings is 1. The number of carboxylic acids is 1. The van der Waals surface area contributed by atoms with Gasteiger partial charge in [0.05, 0.1) is 11.2 Å². The number of anilines is 1. The van der Waals surface area contributed by atoms with Crippen molar-refractivity contribution in [3.05, 3.63) is 101 Å². The van der Waals surface area contributed by atoms with Crippen molar-refractivity contribution in [3.8, 4) is 5.75 Å². The first-order valence-electron chi connectivity index (χ1n) is 10.9. The first-order chi connectivity index (χ1) is 16.3. The lowest BCUT2D eigenvalue weighted by molar-refractivity contribution is -0.152. The molecule has 0 spiro atoms. The Morgan fingerprint density at radius 1 is 1.03 bits per heavy atom. The first-order valence-corrected chi connectivity index (χ1v) is 11.3. The summed E-state index contributed by atoms with van der Waals surface area (Å²) in [6.45, 7) is 3.56. The van der Waals surface area contributed by atoms with Gasteiger partial charge in [-0.25, -0.2) is 9.78 Å². The number of fused-ring (bicyclic) bond motifs is 1. The van der Waals surface area contributed by atoms with Crippen LogP contribution in [0.2, 0.25) is 5.02 Å². The highest BCUT2D eigenvalue weighted by atomic mass is 35.5. The van der Waals surface area contributed by atoms with Crippen LogP contribution in [0.5, 0.6) is 5.75 Å². The molecular weight excluding hydrogens is 448 g/mol. The number of rotatable bonds is 8. The highest BCUT2D eigenvalue weighted by molar-refractivity contribution is 6.31. The molecule has 6 heteroatoms. The first kappa shape index (κ1) is 23.3. The van der Waals surface area contributed by atoms with E-state index in [9.17, 15) is 9.90 Å². The van der Waals surface area contributed by atoms with E-state index in [4.69, 9.17) is 16.3 Å². The number of hydrogen-bond donors (Lipinski definition) is 2. The van der Waals surface area contributed by atoms with Crippen LogP contribution in [0, 0.1) is 0 Å². The summed E-state index contributed by atoms with van der Waals surface area (Å²) in [5.74, 6) is -0.473. The number of aromatic nitrogens is 1. The SMILES string of the molecule is CC(C)(Oc1ccccc1CNc1cccc(/C=C/c2ccc3ccc(Cl)cc3n2)c1)C(=O)O. The molecule has 0 bridgehead atoms. The van der Waals surface area contributed by atoms with Gasteiger partial charge in [-0.15, -0.1) is 0 Å². The van der Waals surface area contributed by atoms with Gasteiger partial charge in [0.25, 0.3) is 0 Å². The number of carboxylic acid groups (broad SMARTS) is 1. The van der Waals surface area contributed by atoms with Crippen LogP contribution in [-0.4, -0.2) is 21.7 Å². The van der Waals surface area contributed by atoms with Gasteiger partial charge in [-0.2, -0.15) is 0 Å². The fourth-order valence-corrected chi connectivity index (χ4v) is 3.56. The zero-order valence-corrected chi connectivity index (χ0v) is 19.7. The predicted molar refractivity (Wildman–Crippen MR) is 138 cm³/mol. The average Bonchev–Trinajstić information content (AvgIpc) is 2.82. The molecule has 0 unspecified atom stereocenters. The van der Waals surface area contributed by atoms with Crippen molar-refractivity contribution in [2.75, 3.05) is 5.32 Å². The lowest BCUT2D eigenvalue weighted by Gasteiger charge is -2.23.